The van der Waals surface area contributed by atoms with Gasteiger partial charge in [-0.3, -0.25) is 4.79 Å². The summed E-state index contributed by atoms with van der Waals surface area (Å²) in [5.41, 5.74) is 2.80. The van der Waals surface area contributed by atoms with Gasteiger partial charge in [-0.15, -0.1) is 11.3 Å². The standard InChI is InChI=1S/C27H30N6O3S/c1-17-14-31(11-12-32(17)26(35)36-27(2,3)4)25(34)22-16-37-24(29-22)23-20(13-28)15-33(30-23)21-9-7-19(8-10-21)18-5-6-18/h7-10,15-18H,5-6,11-12,14H2,1-4H3/t17-/m0/s1. The first kappa shape index (κ1) is 25.0. The topological polar surface area (TPSA) is 104 Å². The highest BCUT2D eigenvalue weighted by molar-refractivity contribution is 7.13. The predicted octanol–water partition coefficient (Wildman–Crippen LogP) is 4.83. The normalized spacial score (nSPS) is 18.0. The van der Waals surface area contributed by atoms with Crippen molar-refractivity contribution in [2.45, 2.75) is 58.1 Å². The Balaban J connectivity index is 1.29. The Hall–Kier alpha value is -3.71. The number of aromatic nitrogens is 3. The summed E-state index contributed by atoms with van der Waals surface area (Å²) in [5.74, 6) is 0.471. The molecule has 10 heteroatoms. The number of thiazole rings is 1. The van der Waals surface area contributed by atoms with Crippen LogP contribution in [0.4, 0.5) is 4.79 Å². The van der Waals surface area contributed by atoms with Crippen molar-refractivity contribution in [3.05, 3.63) is 52.7 Å². The van der Waals surface area contributed by atoms with Gasteiger partial charge >= 0.3 is 6.09 Å². The predicted molar refractivity (Wildman–Crippen MR) is 140 cm³/mol. The van der Waals surface area contributed by atoms with Crippen LogP contribution in [0, 0.1) is 11.3 Å². The lowest BCUT2D eigenvalue weighted by Crippen LogP contribution is -2.56. The maximum Gasteiger partial charge on any atom is 0.410 e. The Morgan fingerprint density at radius 1 is 1.16 bits per heavy atom. The molecule has 1 aliphatic carbocycles. The molecule has 0 bridgehead atoms. The van der Waals surface area contributed by atoms with E-state index in [2.05, 4.69) is 28.3 Å². The van der Waals surface area contributed by atoms with E-state index in [1.165, 1.54) is 29.7 Å². The average Bonchev–Trinajstić information content (AvgIpc) is 3.43. The lowest BCUT2D eigenvalue weighted by Gasteiger charge is -2.40. The van der Waals surface area contributed by atoms with E-state index in [4.69, 9.17) is 4.74 Å². The second-order valence-corrected chi connectivity index (χ2v) is 11.5. The molecule has 0 radical (unpaired) electrons. The summed E-state index contributed by atoms with van der Waals surface area (Å²) in [6.45, 7) is 8.58. The largest absolute Gasteiger partial charge is 0.444 e. The molecule has 2 fully saturated rings. The highest BCUT2D eigenvalue weighted by Gasteiger charge is 2.33. The van der Waals surface area contributed by atoms with Crippen LogP contribution >= 0.6 is 11.3 Å². The van der Waals surface area contributed by atoms with Gasteiger partial charge in [0.05, 0.1) is 5.69 Å². The molecule has 1 aromatic carbocycles. The highest BCUT2D eigenvalue weighted by atomic mass is 32.1. The van der Waals surface area contributed by atoms with E-state index in [9.17, 15) is 14.9 Å². The number of ether oxygens (including phenoxy) is 1. The molecule has 2 amide bonds. The van der Waals surface area contributed by atoms with Gasteiger partial charge in [0.1, 0.15) is 33.6 Å². The van der Waals surface area contributed by atoms with Crippen LogP contribution < -0.4 is 0 Å². The summed E-state index contributed by atoms with van der Waals surface area (Å²) in [7, 11) is 0. The van der Waals surface area contributed by atoms with Gasteiger partial charge in [-0.2, -0.15) is 10.4 Å². The molecule has 2 aliphatic rings. The van der Waals surface area contributed by atoms with Gasteiger partial charge in [0.25, 0.3) is 5.91 Å². The second-order valence-electron chi connectivity index (χ2n) is 10.6. The van der Waals surface area contributed by atoms with Gasteiger partial charge < -0.3 is 14.5 Å². The summed E-state index contributed by atoms with van der Waals surface area (Å²) in [4.78, 5) is 33.6. The smallest absolute Gasteiger partial charge is 0.410 e. The maximum atomic E-state index is 13.2. The number of rotatable bonds is 4. The maximum absolute atomic E-state index is 13.2. The minimum Gasteiger partial charge on any atom is -0.444 e. The number of piperazine rings is 1. The Kier molecular flexibility index (Phi) is 6.50. The molecule has 0 spiro atoms. The highest BCUT2D eigenvalue weighted by Crippen LogP contribution is 2.40. The molecule has 0 N–H and O–H groups in total. The fourth-order valence-electron chi connectivity index (χ4n) is 4.44. The number of amides is 2. The fraction of sp³-hybridized carbons (Fsp3) is 0.444. The summed E-state index contributed by atoms with van der Waals surface area (Å²) in [6, 6.07) is 10.3. The first-order valence-corrected chi connectivity index (χ1v) is 13.4. The quantitative estimate of drug-likeness (QED) is 0.490. The molecule has 2 aromatic heterocycles. The van der Waals surface area contributed by atoms with Crippen LogP contribution in [0.5, 0.6) is 0 Å². The third-order valence-corrected chi connectivity index (χ3v) is 7.36. The fourth-order valence-corrected chi connectivity index (χ4v) is 5.23. The molecule has 1 saturated carbocycles. The first-order chi connectivity index (χ1) is 17.6. The number of hydrogen-bond acceptors (Lipinski definition) is 7. The van der Waals surface area contributed by atoms with Crippen LogP contribution in [-0.4, -0.2) is 67.8 Å². The van der Waals surface area contributed by atoms with Crippen molar-refractivity contribution in [2.75, 3.05) is 19.6 Å². The first-order valence-electron chi connectivity index (χ1n) is 12.5. The van der Waals surface area contributed by atoms with E-state index < -0.39 is 5.60 Å². The van der Waals surface area contributed by atoms with E-state index in [-0.39, 0.29) is 18.0 Å². The van der Waals surface area contributed by atoms with Crippen molar-refractivity contribution in [1.29, 1.82) is 5.26 Å². The minimum atomic E-state index is -0.573. The summed E-state index contributed by atoms with van der Waals surface area (Å²) < 4.78 is 7.18. The molecule has 1 atom stereocenters. The van der Waals surface area contributed by atoms with Crippen LogP contribution in [0.1, 0.15) is 68.1 Å². The molecule has 5 rings (SSSR count). The average molecular weight is 519 g/mol. The zero-order chi connectivity index (χ0) is 26.3. The second kappa shape index (κ2) is 9.63. The zero-order valence-electron chi connectivity index (χ0n) is 21.5. The lowest BCUT2D eigenvalue weighted by atomic mass is 10.1. The van der Waals surface area contributed by atoms with Gasteiger partial charge in [0.2, 0.25) is 0 Å². The lowest BCUT2D eigenvalue weighted by molar-refractivity contribution is 0.00191. The van der Waals surface area contributed by atoms with Crippen molar-refractivity contribution >= 4 is 23.3 Å². The molecular weight excluding hydrogens is 488 g/mol. The van der Waals surface area contributed by atoms with Gasteiger partial charge in [-0.05, 0) is 64.2 Å². The Morgan fingerprint density at radius 2 is 1.89 bits per heavy atom. The minimum absolute atomic E-state index is 0.183. The molecule has 37 heavy (non-hydrogen) atoms. The van der Waals surface area contributed by atoms with Gasteiger partial charge in [0, 0.05) is 37.3 Å². The van der Waals surface area contributed by atoms with Gasteiger partial charge in [-0.1, -0.05) is 12.1 Å². The van der Waals surface area contributed by atoms with Crippen molar-refractivity contribution in [2.24, 2.45) is 0 Å². The number of nitriles is 1. The molecule has 3 heterocycles. The van der Waals surface area contributed by atoms with Crippen LogP contribution in [0.25, 0.3) is 16.4 Å². The Labute approximate surface area is 220 Å². The van der Waals surface area contributed by atoms with Gasteiger partial charge in [-0.25, -0.2) is 14.5 Å². The van der Waals surface area contributed by atoms with Crippen molar-refractivity contribution in [1.82, 2.24) is 24.6 Å². The SMILES string of the molecule is C[C@H]1CN(C(=O)c2csc(-c3nn(-c4ccc(C5CC5)cc4)cc3C#N)n2)CCN1C(=O)OC(C)(C)C. The number of carbonyl (C=O) groups is 2. The molecule has 1 saturated heterocycles. The molecule has 1 aliphatic heterocycles. The summed E-state index contributed by atoms with van der Waals surface area (Å²) >= 11 is 1.29. The molecule has 9 nitrogen and oxygen atoms in total. The Morgan fingerprint density at radius 3 is 2.51 bits per heavy atom. The van der Waals surface area contributed by atoms with E-state index in [0.717, 1.165) is 5.69 Å². The van der Waals surface area contributed by atoms with Crippen LogP contribution in [0.3, 0.4) is 0 Å². The van der Waals surface area contributed by atoms with E-state index >= 15 is 0 Å². The number of carbonyl (C=O) groups excluding carboxylic acids is 2. The molecular formula is C27H30N6O3S. The number of benzene rings is 1. The van der Waals surface area contributed by atoms with E-state index in [1.807, 2.05) is 39.8 Å². The van der Waals surface area contributed by atoms with Crippen molar-refractivity contribution < 1.29 is 14.3 Å². The third-order valence-electron chi connectivity index (χ3n) is 6.51. The van der Waals surface area contributed by atoms with E-state index in [1.54, 1.807) is 26.1 Å². The summed E-state index contributed by atoms with van der Waals surface area (Å²) in [6.07, 6.45) is 3.81. The zero-order valence-corrected chi connectivity index (χ0v) is 22.3. The van der Waals surface area contributed by atoms with Crippen molar-refractivity contribution in [3.8, 4) is 22.5 Å². The van der Waals surface area contributed by atoms with Crippen LogP contribution in [0.15, 0.2) is 35.8 Å². The van der Waals surface area contributed by atoms with E-state index in [0.29, 0.717) is 47.5 Å². The summed E-state index contributed by atoms with van der Waals surface area (Å²) in [5, 5.41) is 16.6. The number of nitrogens with zero attached hydrogens (tertiary/aromatic N) is 6. The van der Waals surface area contributed by atoms with Gasteiger partial charge in [0.15, 0.2) is 0 Å². The molecule has 0 unspecified atom stereocenters. The van der Waals surface area contributed by atoms with Crippen LogP contribution in [0.2, 0.25) is 0 Å². The molecule has 192 valence electrons. The van der Waals surface area contributed by atoms with Crippen molar-refractivity contribution in [3.63, 3.8) is 0 Å². The monoisotopic (exact) mass is 518 g/mol. The Bertz CT molecular complexity index is 1360. The van der Waals surface area contributed by atoms with Crippen LogP contribution in [-0.2, 0) is 4.74 Å². The third kappa shape index (κ3) is 5.37. The molecule has 3 aromatic rings. The number of hydrogen-bond donors (Lipinski definition) is 0.